The van der Waals surface area contributed by atoms with Gasteiger partial charge < -0.3 is 19.8 Å². The van der Waals surface area contributed by atoms with Crippen LogP contribution < -0.4 is 4.74 Å². The van der Waals surface area contributed by atoms with Gasteiger partial charge in [0.1, 0.15) is 6.10 Å². The molecule has 1 aromatic rings. The van der Waals surface area contributed by atoms with Crippen LogP contribution in [0.15, 0.2) is 12.1 Å². The summed E-state index contributed by atoms with van der Waals surface area (Å²) in [6.07, 6.45) is 3.35. The van der Waals surface area contributed by atoms with Crippen molar-refractivity contribution in [2.45, 2.75) is 49.3 Å². The van der Waals surface area contributed by atoms with Gasteiger partial charge in [-0.1, -0.05) is 6.07 Å². The first-order chi connectivity index (χ1) is 10.1. The number of rotatable bonds is 0. The predicted octanol–water partition coefficient (Wildman–Crippen LogP) is 1.42. The van der Waals surface area contributed by atoms with E-state index in [1.165, 1.54) is 11.1 Å². The molecule has 5 rings (SSSR count). The number of ether oxygens (including phenoxy) is 1. The molecule has 1 aromatic carbocycles. The van der Waals surface area contributed by atoms with Crippen LogP contribution in [0.1, 0.15) is 30.4 Å². The molecule has 4 nitrogen and oxygen atoms in total. The van der Waals surface area contributed by atoms with Crippen LogP contribution in [-0.2, 0) is 11.8 Å². The quantitative estimate of drug-likeness (QED) is 0.758. The normalized spacial score (nSPS) is 43.3. The van der Waals surface area contributed by atoms with Crippen LogP contribution >= 0.6 is 0 Å². The lowest BCUT2D eigenvalue weighted by Gasteiger charge is -2.58. The second-order valence-corrected chi connectivity index (χ2v) is 7.28. The Morgan fingerprint density at radius 1 is 1.33 bits per heavy atom. The van der Waals surface area contributed by atoms with E-state index in [1.807, 2.05) is 0 Å². The molecule has 2 heterocycles. The first kappa shape index (κ1) is 12.3. The molecule has 0 radical (unpaired) electrons. The molecule has 2 N–H and O–H groups in total. The first-order valence-corrected chi connectivity index (χ1v) is 8.03. The number of likely N-dealkylation sites (N-methyl/N-ethyl adjacent to an activating group) is 1. The summed E-state index contributed by atoms with van der Waals surface area (Å²) in [5, 5.41) is 20.8. The third kappa shape index (κ3) is 1.25. The summed E-state index contributed by atoms with van der Waals surface area (Å²) in [7, 11) is 2.22. The number of phenols is 1. The lowest BCUT2D eigenvalue weighted by Crippen LogP contribution is -2.66. The van der Waals surface area contributed by atoms with Gasteiger partial charge in [0.2, 0.25) is 0 Å². The fourth-order valence-corrected chi connectivity index (χ4v) is 5.71. The molecule has 2 fully saturated rings. The summed E-state index contributed by atoms with van der Waals surface area (Å²) in [5.41, 5.74) is 2.46. The monoisotopic (exact) mass is 287 g/mol. The molecular weight excluding hydrogens is 266 g/mol. The lowest BCUT2D eigenvalue weighted by molar-refractivity contribution is -0.0993. The number of hydrogen-bond donors (Lipinski definition) is 2. The van der Waals surface area contributed by atoms with Crippen LogP contribution in [0.4, 0.5) is 0 Å². The van der Waals surface area contributed by atoms with E-state index in [1.54, 1.807) is 6.07 Å². The number of hydrogen-bond acceptors (Lipinski definition) is 4. The molecule has 1 spiro atoms. The minimum absolute atomic E-state index is 0.0729. The summed E-state index contributed by atoms with van der Waals surface area (Å²) in [4.78, 5) is 2.48. The summed E-state index contributed by atoms with van der Waals surface area (Å²) in [6, 6.07) is 4.36. The highest BCUT2D eigenvalue weighted by atomic mass is 16.5. The number of aromatic hydroxyl groups is 1. The van der Waals surface area contributed by atoms with Gasteiger partial charge in [-0.2, -0.15) is 0 Å². The van der Waals surface area contributed by atoms with Crippen LogP contribution in [0.5, 0.6) is 11.5 Å². The van der Waals surface area contributed by atoms with Crippen LogP contribution in [-0.4, -0.2) is 47.0 Å². The molecule has 4 aliphatic rings. The summed E-state index contributed by atoms with van der Waals surface area (Å²) in [5.74, 6) is 1.44. The maximum Gasteiger partial charge on any atom is 0.165 e. The molecule has 2 aliphatic heterocycles. The number of nitrogens with zero attached hydrogens (tertiary/aromatic N) is 1. The van der Waals surface area contributed by atoms with Gasteiger partial charge in [-0.25, -0.2) is 0 Å². The van der Waals surface area contributed by atoms with E-state index < -0.39 is 6.10 Å². The van der Waals surface area contributed by atoms with Crippen LogP contribution in [0, 0.1) is 5.92 Å². The highest BCUT2D eigenvalue weighted by molar-refractivity contribution is 5.60. The molecule has 4 heteroatoms. The first-order valence-electron chi connectivity index (χ1n) is 8.03. The Balaban J connectivity index is 1.81. The van der Waals surface area contributed by atoms with Crippen molar-refractivity contribution in [1.82, 2.24) is 4.90 Å². The lowest BCUT2D eigenvalue weighted by atomic mass is 9.51. The Morgan fingerprint density at radius 2 is 2.19 bits per heavy atom. The van der Waals surface area contributed by atoms with E-state index >= 15 is 0 Å². The van der Waals surface area contributed by atoms with E-state index in [9.17, 15) is 10.2 Å². The molecule has 5 atom stereocenters. The van der Waals surface area contributed by atoms with Crippen molar-refractivity contribution in [3.63, 3.8) is 0 Å². The van der Waals surface area contributed by atoms with Gasteiger partial charge >= 0.3 is 0 Å². The number of aliphatic hydroxyl groups excluding tert-OH is 1. The highest BCUT2D eigenvalue weighted by Crippen LogP contribution is 2.63. The Morgan fingerprint density at radius 3 is 3.05 bits per heavy atom. The van der Waals surface area contributed by atoms with Crippen LogP contribution in [0.3, 0.4) is 0 Å². The summed E-state index contributed by atoms with van der Waals surface area (Å²) >= 11 is 0. The van der Waals surface area contributed by atoms with E-state index in [0.29, 0.717) is 17.7 Å². The smallest absolute Gasteiger partial charge is 0.165 e. The number of piperidine rings is 1. The standard InChI is InChI=1S/C17H21NO3/c1-18-7-6-17-10-3-5-13(20)16(17)21-15-12(19)4-2-9(14(15)17)8-11(10)18/h2,4,10-11,13,16,19-20H,3,5-8H2,1H3/t10?,11-,13+,16?,17+/m1/s1. The fraction of sp³-hybridized carbons (Fsp3) is 0.647. The predicted molar refractivity (Wildman–Crippen MR) is 77.7 cm³/mol. The van der Waals surface area contributed by atoms with Crippen molar-refractivity contribution >= 4 is 0 Å². The van der Waals surface area contributed by atoms with Crippen LogP contribution in [0.25, 0.3) is 0 Å². The molecule has 112 valence electrons. The zero-order valence-electron chi connectivity index (χ0n) is 12.2. The van der Waals surface area contributed by atoms with Gasteiger partial charge in [0.25, 0.3) is 0 Å². The molecule has 2 aliphatic carbocycles. The Labute approximate surface area is 124 Å². The topological polar surface area (TPSA) is 52.9 Å². The number of benzene rings is 1. The molecular formula is C17H21NO3. The molecule has 1 saturated carbocycles. The molecule has 21 heavy (non-hydrogen) atoms. The van der Waals surface area contributed by atoms with E-state index in [-0.39, 0.29) is 17.3 Å². The van der Waals surface area contributed by atoms with Crippen molar-refractivity contribution in [3.05, 3.63) is 23.3 Å². The van der Waals surface area contributed by atoms with E-state index in [4.69, 9.17) is 4.74 Å². The van der Waals surface area contributed by atoms with E-state index in [2.05, 4.69) is 18.0 Å². The maximum absolute atomic E-state index is 10.5. The minimum atomic E-state index is -0.414. The Bertz CT molecular complexity index is 631. The zero-order chi connectivity index (χ0) is 14.4. The van der Waals surface area contributed by atoms with Gasteiger partial charge in [-0.15, -0.1) is 0 Å². The minimum Gasteiger partial charge on any atom is -0.504 e. The van der Waals surface area contributed by atoms with Gasteiger partial charge in [-0.05, 0) is 56.8 Å². The molecule has 2 bridgehead atoms. The number of likely N-dealkylation sites (tertiary alicyclic amines) is 1. The molecule has 2 unspecified atom stereocenters. The Kier molecular flexibility index (Phi) is 2.19. The van der Waals surface area contributed by atoms with Crippen molar-refractivity contribution in [3.8, 4) is 11.5 Å². The summed E-state index contributed by atoms with van der Waals surface area (Å²) in [6.45, 7) is 1.04. The third-order valence-corrected chi connectivity index (χ3v) is 6.56. The maximum atomic E-state index is 10.5. The van der Waals surface area contributed by atoms with Crippen molar-refractivity contribution in [2.75, 3.05) is 13.6 Å². The Hall–Kier alpha value is -1.26. The molecule has 0 amide bonds. The zero-order valence-corrected chi connectivity index (χ0v) is 12.2. The van der Waals surface area contributed by atoms with Crippen molar-refractivity contribution < 1.29 is 14.9 Å². The van der Waals surface area contributed by atoms with Gasteiger partial charge in [0.15, 0.2) is 11.5 Å². The fourth-order valence-electron chi connectivity index (χ4n) is 5.71. The SMILES string of the molecule is CN1CC[C@]23c4c5ccc(O)c4OC2[C@@H](O)CCC3[C@H]1C5. The van der Waals surface area contributed by atoms with E-state index in [0.717, 1.165) is 32.2 Å². The second-order valence-electron chi connectivity index (χ2n) is 7.28. The largest absolute Gasteiger partial charge is 0.504 e. The summed E-state index contributed by atoms with van der Waals surface area (Å²) < 4.78 is 6.14. The van der Waals surface area contributed by atoms with Gasteiger partial charge in [-0.3, -0.25) is 0 Å². The van der Waals surface area contributed by atoms with Crippen molar-refractivity contribution in [2.24, 2.45) is 5.92 Å². The van der Waals surface area contributed by atoms with Crippen LogP contribution in [0.2, 0.25) is 0 Å². The van der Waals surface area contributed by atoms with Crippen molar-refractivity contribution in [1.29, 1.82) is 0 Å². The average Bonchev–Trinajstić information content (AvgIpc) is 2.83. The second kappa shape index (κ2) is 3.73. The molecule has 1 saturated heterocycles. The highest BCUT2D eigenvalue weighted by Gasteiger charge is 2.65. The van der Waals surface area contributed by atoms with Gasteiger partial charge in [0, 0.05) is 17.0 Å². The molecule has 0 aromatic heterocycles. The third-order valence-electron chi connectivity index (χ3n) is 6.56. The number of aliphatic hydroxyl groups is 1. The van der Waals surface area contributed by atoms with Gasteiger partial charge in [0.05, 0.1) is 6.10 Å². The number of phenolic OH excluding ortho intramolecular Hbond substituents is 1. The average molecular weight is 287 g/mol.